The molecular weight excluding hydrogens is 294 g/mol. The highest BCUT2D eigenvalue weighted by molar-refractivity contribution is 8.01. The molecule has 0 radical (unpaired) electrons. The smallest absolute Gasteiger partial charge is 0.213 e. The summed E-state index contributed by atoms with van der Waals surface area (Å²) in [5.41, 5.74) is 1.15. The molecule has 0 aromatic carbocycles. The number of nitrogens with zero attached hydrogens (tertiary/aromatic N) is 3. The van der Waals surface area contributed by atoms with E-state index in [-0.39, 0.29) is 6.10 Å². The molecule has 0 amide bonds. The monoisotopic (exact) mass is 313 g/mol. The minimum absolute atomic E-state index is 0.289. The molecule has 2 aliphatic heterocycles. The Morgan fingerprint density at radius 2 is 1.95 bits per heavy atom. The third-order valence-corrected chi connectivity index (χ3v) is 5.81. The second-order valence-corrected chi connectivity index (χ2v) is 7.56. The summed E-state index contributed by atoms with van der Waals surface area (Å²) in [6, 6.07) is 11.9. The largest absolute Gasteiger partial charge is 0.473 e. The van der Waals surface area contributed by atoms with E-state index >= 15 is 0 Å². The normalized spacial score (nSPS) is 23.4. The number of ether oxygens (including phenoxy) is 1. The molecule has 0 unspecified atom stereocenters. The van der Waals surface area contributed by atoms with Crippen LogP contribution in [0.25, 0.3) is 0 Å². The average Bonchev–Trinajstić information content (AvgIpc) is 2.93. The molecule has 4 heterocycles. The first-order valence-electron chi connectivity index (χ1n) is 7.65. The lowest BCUT2D eigenvalue weighted by molar-refractivity contribution is 0.0898. The number of hydrogen-bond acceptors (Lipinski definition) is 5. The zero-order valence-electron chi connectivity index (χ0n) is 12.4. The third-order valence-electron chi connectivity index (χ3n) is 4.24. The van der Waals surface area contributed by atoms with Gasteiger partial charge in [0.15, 0.2) is 0 Å². The van der Waals surface area contributed by atoms with Gasteiger partial charge in [0.1, 0.15) is 6.10 Å². The molecule has 1 atom stereocenters. The van der Waals surface area contributed by atoms with Gasteiger partial charge < -0.3 is 4.74 Å². The fourth-order valence-electron chi connectivity index (χ4n) is 3.29. The summed E-state index contributed by atoms with van der Waals surface area (Å²) in [5, 5.41) is 0. The van der Waals surface area contributed by atoms with Gasteiger partial charge in [-0.1, -0.05) is 12.1 Å². The van der Waals surface area contributed by atoms with Crippen molar-refractivity contribution in [1.29, 1.82) is 0 Å². The second kappa shape index (κ2) is 5.89. The molecule has 2 aromatic rings. The second-order valence-electron chi connectivity index (χ2n) is 6.07. The van der Waals surface area contributed by atoms with Crippen LogP contribution >= 0.6 is 11.8 Å². The van der Waals surface area contributed by atoms with Gasteiger partial charge in [-0.15, -0.1) is 11.8 Å². The number of likely N-dealkylation sites (tertiary alicyclic amines) is 1. The number of thioether (sulfide) groups is 1. The molecule has 0 bridgehead atoms. The van der Waals surface area contributed by atoms with E-state index in [1.807, 2.05) is 30.5 Å². The summed E-state index contributed by atoms with van der Waals surface area (Å²) in [6.07, 6.45) is 5.06. The predicted octanol–water partition coefficient (Wildman–Crippen LogP) is 2.62. The number of aromatic nitrogens is 2. The first-order chi connectivity index (χ1) is 10.8. The lowest BCUT2D eigenvalue weighted by Crippen LogP contribution is -2.58. The molecule has 0 aliphatic carbocycles. The molecule has 0 N–H and O–H groups in total. The Morgan fingerprint density at radius 3 is 2.68 bits per heavy atom. The zero-order chi connectivity index (χ0) is 14.8. The van der Waals surface area contributed by atoms with Gasteiger partial charge in [-0.25, -0.2) is 4.98 Å². The lowest BCUT2D eigenvalue weighted by atomic mass is 9.93. The Kier molecular flexibility index (Phi) is 3.76. The molecule has 2 fully saturated rings. The van der Waals surface area contributed by atoms with Crippen molar-refractivity contribution >= 4 is 11.8 Å². The van der Waals surface area contributed by atoms with E-state index < -0.39 is 0 Å². The van der Waals surface area contributed by atoms with Gasteiger partial charge >= 0.3 is 0 Å². The minimum Gasteiger partial charge on any atom is -0.473 e. The first-order valence-corrected chi connectivity index (χ1v) is 8.64. The summed E-state index contributed by atoms with van der Waals surface area (Å²) in [6.45, 7) is 3.22. The van der Waals surface area contributed by atoms with E-state index in [1.54, 1.807) is 6.20 Å². The van der Waals surface area contributed by atoms with Gasteiger partial charge in [0.2, 0.25) is 5.88 Å². The standard InChI is InChI=1S/C17H19N3OS/c1-3-7-18-14(5-1)10-20-12-17(13-20)9-15(11-22-17)21-16-6-2-4-8-19-16/h1-8,15H,9-13H2/t15-/m1/s1. The topological polar surface area (TPSA) is 38.2 Å². The van der Waals surface area contributed by atoms with Gasteiger partial charge in [0.25, 0.3) is 0 Å². The van der Waals surface area contributed by atoms with Crippen LogP contribution in [0.4, 0.5) is 0 Å². The van der Waals surface area contributed by atoms with Crippen molar-refractivity contribution in [3.8, 4) is 5.88 Å². The third kappa shape index (κ3) is 2.96. The van der Waals surface area contributed by atoms with Crippen LogP contribution in [0.3, 0.4) is 0 Å². The Hall–Kier alpha value is -1.59. The van der Waals surface area contributed by atoms with Crippen LogP contribution in [0.5, 0.6) is 5.88 Å². The molecule has 22 heavy (non-hydrogen) atoms. The van der Waals surface area contributed by atoms with Crippen molar-refractivity contribution in [1.82, 2.24) is 14.9 Å². The summed E-state index contributed by atoms with van der Waals surface area (Å²) in [5.74, 6) is 1.81. The molecule has 2 saturated heterocycles. The maximum absolute atomic E-state index is 6.00. The quantitative estimate of drug-likeness (QED) is 0.867. The average molecular weight is 313 g/mol. The van der Waals surface area contributed by atoms with Crippen molar-refractivity contribution in [3.05, 3.63) is 54.5 Å². The fourth-order valence-corrected chi connectivity index (χ4v) is 4.86. The van der Waals surface area contributed by atoms with Gasteiger partial charge in [-0.3, -0.25) is 9.88 Å². The predicted molar refractivity (Wildman–Crippen MR) is 88.0 cm³/mol. The van der Waals surface area contributed by atoms with Gasteiger partial charge in [0, 0.05) is 55.0 Å². The van der Waals surface area contributed by atoms with Gasteiger partial charge in [-0.05, 0) is 18.2 Å². The molecule has 2 aliphatic rings. The lowest BCUT2D eigenvalue weighted by Gasteiger charge is -2.47. The summed E-state index contributed by atoms with van der Waals surface area (Å²) >= 11 is 2.06. The van der Waals surface area contributed by atoms with Crippen molar-refractivity contribution in [2.24, 2.45) is 0 Å². The minimum atomic E-state index is 0.289. The Morgan fingerprint density at radius 1 is 1.14 bits per heavy atom. The Labute approximate surface area is 134 Å². The van der Waals surface area contributed by atoms with Crippen molar-refractivity contribution < 1.29 is 4.74 Å². The molecule has 1 spiro atoms. The van der Waals surface area contributed by atoms with Crippen LogP contribution in [0.2, 0.25) is 0 Å². The highest BCUT2D eigenvalue weighted by Gasteiger charge is 2.49. The Balaban J connectivity index is 1.29. The van der Waals surface area contributed by atoms with Gasteiger partial charge in [0.05, 0.1) is 5.69 Å². The number of hydrogen-bond donors (Lipinski definition) is 0. The number of rotatable bonds is 4. The fraction of sp³-hybridized carbons (Fsp3) is 0.412. The van der Waals surface area contributed by atoms with Crippen molar-refractivity contribution in [2.75, 3.05) is 18.8 Å². The number of pyridine rings is 2. The van der Waals surface area contributed by atoms with E-state index in [0.29, 0.717) is 4.75 Å². The van der Waals surface area contributed by atoms with E-state index in [0.717, 1.165) is 43.4 Å². The summed E-state index contributed by atoms with van der Waals surface area (Å²) < 4.78 is 6.38. The maximum atomic E-state index is 6.00. The highest BCUT2D eigenvalue weighted by atomic mass is 32.2. The van der Waals surface area contributed by atoms with Crippen LogP contribution in [-0.2, 0) is 6.54 Å². The van der Waals surface area contributed by atoms with Crippen LogP contribution in [0.1, 0.15) is 12.1 Å². The molecule has 2 aromatic heterocycles. The van der Waals surface area contributed by atoms with Gasteiger partial charge in [-0.2, -0.15) is 0 Å². The molecular formula is C17H19N3OS. The van der Waals surface area contributed by atoms with E-state index in [4.69, 9.17) is 4.74 Å². The zero-order valence-corrected chi connectivity index (χ0v) is 13.2. The van der Waals surface area contributed by atoms with Crippen molar-refractivity contribution in [2.45, 2.75) is 23.8 Å². The maximum Gasteiger partial charge on any atom is 0.213 e. The van der Waals surface area contributed by atoms with E-state index in [9.17, 15) is 0 Å². The van der Waals surface area contributed by atoms with E-state index in [1.165, 1.54) is 0 Å². The molecule has 4 nitrogen and oxygen atoms in total. The van der Waals surface area contributed by atoms with Crippen LogP contribution in [0.15, 0.2) is 48.8 Å². The van der Waals surface area contributed by atoms with Crippen LogP contribution in [0, 0.1) is 0 Å². The highest BCUT2D eigenvalue weighted by Crippen LogP contribution is 2.46. The van der Waals surface area contributed by atoms with E-state index in [2.05, 4.69) is 38.8 Å². The molecule has 114 valence electrons. The first kappa shape index (κ1) is 14.0. The summed E-state index contributed by atoms with van der Waals surface area (Å²) in [7, 11) is 0. The molecule has 5 heteroatoms. The Bertz CT molecular complexity index is 616. The SMILES string of the molecule is c1ccc(CN2CC3(C[C@@H](Oc4ccccn4)CS3)C2)nc1. The summed E-state index contributed by atoms with van der Waals surface area (Å²) in [4.78, 5) is 11.1. The molecule has 4 rings (SSSR count). The van der Waals surface area contributed by atoms with Crippen LogP contribution in [-0.4, -0.2) is 44.6 Å². The van der Waals surface area contributed by atoms with Crippen molar-refractivity contribution in [3.63, 3.8) is 0 Å². The van der Waals surface area contributed by atoms with Crippen LogP contribution < -0.4 is 4.74 Å². The molecule has 0 saturated carbocycles.